The zero-order chi connectivity index (χ0) is 11.6. The van der Waals surface area contributed by atoms with E-state index in [1.165, 1.54) is 12.8 Å². The van der Waals surface area contributed by atoms with Crippen molar-refractivity contribution >= 4 is 11.5 Å². The van der Waals surface area contributed by atoms with Crippen LogP contribution in [0.2, 0.25) is 0 Å². The molecule has 2 N–H and O–H groups in total. The first-order valence-electron chi connectivity index (χ1n) is 5.73. The maximum atomic E-state index is 5.00. The molecule has 0 aliphatic heterocycles. The molecule has 0 aliphatic carbocycles. The van der Waals surface area contributed by atoms with Gasteiger partial charge < -0.3 is 15.4 Å². The molecule has 0 spiro atoms. The Morgan fingerprint density at radius 2 is 2.19 bits per heavy atom. The number of hydrogen-bond acceptors (Lipinski definition) is 4. The maximum Gasteiger partial charge on any atom is 0.127 e. The monoisotopic (exact) mass is 223 g/mol. The lowest BCUT2D eigenvalue weighted by Gasteiger charge is -2.07. The fourth-order valence-electron chi connectivity index (χ4n) is 1.46. The molecule has 0 saturated heterocycles. The summed E-state index contributed by atoms with van der Waals surface area (Å²) in [6.45, 7) is 1.86. The number of pyridine rings is 1. The molecular weight excluding hydrogens is 202 g/mol. The molecule has 90 valence electrons. The highest BCUT2D eigenvalue weighted by Gasteiger charge is 1.94. The largest absolute Gasteiger partial charge is 0.385 e. The highest BCUT2D eigenvalue weighted by Crippen LogP contribution is 2.11. The van der Waals surface area contributed by atoms with Gasteiger partial charge in [-0.1, -0.05) is 0 Å². The van der Waals surface area contributed by atoms with Crippen LogP contribution in [-0.2, 0) is 4.74 Å². The first-order valence-corrected chi connectivity index (χ1v) is 5.73. The molecule has 4 nitrogen and oxygen atoms in total. The Bertz CT molecular complexity index is 291. The minimum absolute atomic E-state index is 0.860. The van der Waals surface area contributed by atoms with E-state index < -0.39 is 0 Å². The summed E-state index contributed by atoms with van der Waals surface area (Å²) < 4.78 is 5.00. The first-order chi connectivity index (χ1) is 7.86. The van der Waals surface area contributed by atoms with Gasteiger partial charge in [0.15, 0.2) is 0 Å². The summed E-state index contributed by atoms with van der Waals surface area (Å²) >= 11 is 0. The molecule has 0 aliphatic rings. The molecule has 0 bridgehead atoms. The number of hydrogen-bond donors (Lipinski definition) is 2. The third-order valence-electron chi connectivity index (χ3n) is 2.37. The molecule has 1 aromatic rings. The number of ether oxygens (including phenoxy) is 1. The summed E-state index contributed by atoms with van der Waals surface area (Å²) in [5.74, 6) is 0.893. The van der Waals surface area contributed by atoms with Crippen molar-refractivity contribution in [2.75, 3.05) is 37.9 Å². The standard InChI is InChI=1S/C12H21N3O/c1-13-12-10-11(6-8-15-12)14-7-4-3-5-9-16-2/h6,8,10H,3-5,7,9H2,1-2H3,(H2,13,14,15). The van der Waals surface area contributed by atoms with Crippen molar-refractivity contribution in [1.82, 2.24) is 4.98 Å². The van der Waals surface area contributed by atoms with Gasteiger partial charge in [0.25, 0.3) is 0 Å². The van der Waals surface area contributed by atoms with E-state index in [9.17, 15) is 0 Å². The second kappa shape index (κ2) is 7.93. The maximum absolute atomic E-state index is 5.00. The van der Waals surface area contributed by atoms with Gasteiger partial charge >= 0.3 is 0 Å². The molecule has 4 heteroatoms. The first kappa shape index (κ1) is 12.8. The second-order valence-corrected chi connectivity index (χ2v) is 3.66. The number of nitrogens with zero attached hydrogens (tertiary/aromatic N) is 1. The zero-order valence-corrected chi connectivity index (χ0v) is 10.1. The Balaban J connectivity index is 2.16. The van der Waals surface area contributed by atoms with Crippen LogP contribution < -0.4 is 10.6 Å². The summed E-state index contributed by atoms with van der Waals surface area (Å²) in [4.78, 5) is 4.16. The third-order valence-corrected chi connectivity index (χ3v) is 2.37. The van der Waals surface area contributed by atoms with Crippen LogP contribution in [-0.4, -0.2) is 32.3 Å². The lowest BCUT2D eigenvalue weighted by molar-refractivity contribution is 0.192. The number of rotatable bonds is 8. The molecule has 0 radical (unpaired) electrons. The van der Waals surface area contributed by atoms with E-state index in [0.29, 0.717) is 0 Å². The van der Waals surface area contributed by atoms with Crippen LogP contribution in [0.4, 0.5) is 11.5 Å². The average molecular weight is 223 g/mol. The van der Waals surface area contributed by atoms with Gasteiger partial charge in [0, 0.05) is 45.3 Å². The van der Waals surface area contributed by atoms with Gasteiger partial charge in [0.05, 0.1) is 0 Å². The van der Waals surface area contributed by atoms with Gasteiger partial charge in [-0.25, -0.2) is 4.98 Å². The van der Waals surface area contributed by atoms with E-state index in [2.05, 4.69) is 15.6 Å². The molecule has 1 rings (SSSR count). The van der Waals surface area contributed by atoms with E-state index >= 15 is 0 Å². The molecule has 16 heavy (non-hydrogen) atoms. The van der Waals surface area contributed by atoms with Crippen LogP contribution in [0.1, 0.15) is 19.3 Å². The molecule has 1 heterocycles. The van der Waals surface area contributed by atoms with Gasteiger partial charge in [-0.15, -0.1) is 0 Å². The van der Waals surface area contributed by atoms with Crippen LogP contribution in [0, 0.1) is 0 Å². The smallest absolute Gasteiger partial charge is 0.127 e. The Morgan fingerprint density at radius 1 is 1.31 bits per heavy atom. The zero-order valence-electron chi connectivity index (χ0n) is 10.1. The molecule has 0 aromatic carbocycles. The van der Waals surface area contributed by atoms with Crippen LogP contribution in [0.15, 0.2) is 18.3 Å². The van der Waals surface area contributed by atoms with E-state index in [0.717, 1.165) is 31.1 Å². The predicted octanol–water partition coefficient (Wildman–Crippen LogP) is 2.35. The molecule has 1 aromatic heterocycles. The van der Waals surface area contributed by atoms with Gasteiger partial charge in [0.2, 0.25) is 0 Å². The summed E-state index contributed by atoms with van der Waals surface area (Å²) in [5.41, 5.74) is 1.12. The average Bonchev–Trinajstić information content (AvgIpc) is 2.34. The van der Waals surface area contributed by atoms with Crippen LogP contribution in [0.5, 0.6) is 0 Å². The van der Waals surface area contributed by atoms with Gasteiger partial charge in [-0.3, -0.25) is 0 Å². The number of nitrogens with one attached hydrogen (secondary N) is 2. The van der Waals surface area contributed by atoms with Gasteiger partial charge in [-0.2, -0.15) is 0 Å². The second-order valence-electron chi connectivity index (χ2n) is 3.66. The van der Waals surface area contributed by atoms with Crippen molar-refractivity contribution < 1.29 is 4.74 Å². The van der Waals surface area contributed by atoms with E-state index in [4.69, 9.17) is 4.74 Å². The third kappa shape index (κ3) is 4.98. The molecular formula is C12H21N3O. The molecule has 0 unspecified atom stereocenters. The lowest BCUT2D eigenvalue weighted by atomic mass is 10.2. The van der Waals surface area contributed by atoms with Crippen molar-refractivity contribution in [3.8, 4) is 0 Å². The quantitative estimate of drug-likeness (QED) is 0.664. The van der Waals surface area contributed by atoms with Crippen molar-refractivity contribution in [2.24, 2.45) is 0 Å². The Kier molecular flexibility index (Phi) is 6.33. The highest BCUT2D eigenvalue weighted by atomic mass is 16.5. The van der Waals surface area contributed by atoms with Crippen molar-refractivity contribution in [3.63, 3.8) is 0 Å². The summed E-state index contributed by atoms with van der Waals surface area (Å²) in [5, 5.41) is 6.39. The van der Waals surface area contributed by atoms with Crippen LogP contribution >= 0.6 is 0 Å². The SMILES string of the molecule is CNc1cc(NCCCCCOC)ccn1. The minimum Gasteiger partial charge on any atom is -0.385 e. The fraction of sp³-hybridized carbons (Fsp3) is 0.583. The summed E-state index contributed by atoms with van der Waals surface area (Å²) in [7, 11) is 3.62. The predicted molar refractivity (Wildman–Crippen MR) is 68.0 cm³/mol. The van der Waals surface area contributed by atoms with Crippen molar-refractivity contribution in [1.29, 1.82) is 0 Å². The minimum atomic E-state index is 0.860. The Hall–Kier alpha value is -1.29. The van der Waals surface area contributed by atoms with Crippen molar-refractivity contribution in [3.05, 3.63) is 18.3 Å². The summed E-state index contributed by atoms with van der Waals surface area (Å²) in [6, 6.07) is 3.99. The molecule has 0 saturated carbocycles. The highest BCUT2D eigenvalue weighted by molar-refractivity contribution is 5.51. The van der Waals surface area contributed by atoms with E-state index in [1.54, 1.807) is 13.3 Å². The van der Waals surface area contributed by atoms with Crippen molar-refractivity contribution in [2.45, 2.75) is 19.3 Å². The van der Waals surface area contributed by atoms with Crippen LogP contribution in [0.25, 0.3) is 0 Å². The fourth-order valence-corrected chi connectivity index (χ4v) is 1.46. The summed E-state index contributed by atoms with van der Waals surface area (Å²) in [6.07, 6.45) is 5.31. The lowest BCUT2D eigenvalue weighted by Crippen LogP contribution is -2.03. The van der Waals surface area contributed by atoms with E-state index in [-0.39, 0.29) is 0 Å². The van der Waals surface area contributed by atoms with Crippen LogP contribution in [0.3, 0.4) is 0 Å². The Labute approximate surface area is 97.4 Å². The van der Waals surface area contributed by atoms with Gasteiger partial charge in [-0.05, 0) is 25.3 Å². The van der Waals surface area contributed by atoms with Gasteiger partial charge in [0.1, 0.15) is 5.82 Å². The Morgan fingerprint density at radius 3 is 2.94 bits per heavy atom. The number of anilines is 2. The number of unbranched alkanes of at least 4 members (excludes halogenated alkanes) is 2. The number of aromatic nitrogens is 1. The van der Waals surface area contributed by atoms with E-state index in [1.807, 2.05) is 19.2 Å². The topological polar surface area (TPSA) is 46.2 Å². The normalized spacial score (nSPS) is 10.1. The molecule has 0 fully saturated rings. The number of methoxy groups -OCH3 is 1. The molecule has 0 atom stereocenters. The molecule has 0 amide bonds.